The molecule has 0 saturated heterocycles. The number of carbonyl (C=O) groups excluding carboxylic acids is 1. The van der Waals surface area contributed by atoms with Crippen LogP contribution in [-0.2, 0) is 11.2 Å². The third-order valence-electron chi connectivity index (χ3n) is 4.68. The molecule has 0 radical (unpaired) electrons. The molecule has 20 heavy (non-hydrogen) atoms. The van der Waals surface area contributed by atoms with E-state index in [9.17, 15) is 4.79 Å². The second-order valence-corrected chi connectivity index (χ2v) is 6.31. The van der Waals surface area contributed by atoms with Gasteiger partial charge in [0.25, 0.3) is 0 Å². The summed E-state index contributed by atoms with van der Waals surface area (Å²) >= 11 is 3.56. The second kappa shape index (κ2) is 6.75. The lowest BCUT2D eigenvalue weighted by Gasteiger charge is -2.34. The number of nitrogens with one attached hydrogen (secondary N) is 1. The Morgan fingerprint density at radius 1 is 1.35 bits per heavy atom. The standard InChI is InChI=1S/C17H24BrNO/c1-3-17(4-2,12-18)19-16(20)15-11-7-9-13-8-5-6-10-14(13)15/h5-6,8,10,15H,3-4,7,9,11-12H2,1-2H3,(H,19,20). The van der Waals surface area contributed by atoms with Crippen LogP contribution in [0.4, 0.5) is 0 Å². The van der Waals surface area contributed by atoms with Gasteiger partial charge >= 0.3 is 0 Å². The van der Waals surface area contributed by atoms with E-state index in [2.05, 4.69) is 53.3 Å². The van der Waals surface area contributed by atoms with Crippen LogP contribution in [0.5, 0.6) is 0 Å². The summed E-state index contributed by atoms with van der Waals surface area (Å²) in [7, 11) is 0. The fourth-order valence-electron chi connectivity index (χ4n) is 3.02. The molecule has 1 atom stereocenters. The van der Waals surface area contributed by atoms with Crippen molar-refractivity contribution >= 4 is 21.8 Å². The Hall–Kier alpha value is -0.830. The minimum Gasteiger partial charge on any atom is -0.349 e. The van der Waals surface area contributed by atoms with Crippen molar-refractivity contribution in [3.05, 3.63) is 35.4 Å². The van der Waals surface area contributed by atoms with E-state index >= 15 is 0 Å². The van der Waals surface area contributed by atoms with Crippen LogP contribution in [0.1, 0.15) is 56.6 Å². The average molecular weight is 338 g/mol. The van der Waals surface area contributed by atoms with Crippen LogP contribution in [0, 0.1) is 0 Å². The molecule has 1 aliphatic carbocycles. The normalized spacial score (nSPS) is 18.4. The summed E-state index contributed by atoms with van der Waals surface area (Å²) in [6.07, 6.45) is 5.08. The molecule has 0 saturated carbocycles. The van der Waals surface area contributed by atoms with E-state index in [0.29, 0.717) is 0 Å². The van der Waals surface area contributed by atoms with Gasteiger partial charge in [-0.05, 0) is 43.2 Å². The first-order chi connectivity index (χ1) is 9.65. The van der Waals surface area contributed by atoms with E-state index in [1.807, 2.05) is 6.07 Å². The van der Waals surface area contributed by atoms with E-state index in [1.165, 1.54) is 11.1 Å². The minimum absolute atomic E-state index is 0.0245. The summed E-state index contributed by atoms with van der Waals surface area (Å²) in [4.78, 5) is 12.7. The van der Waals surface area contributed by atoms with Crippen molar-refractivity contribution < 1.29 is 4.79 Å². The third-order valence-corrected chi connectivity index (χ3v) is 5.76. The molecule has 1 amide bonds. The summed E-state index contributed by atoms with van der Waals surface area (Å²) in [5.41, 5.74) is 2.46. The second-order valence-electron chi connectivity index (χ2n) is 5.75. The number of hydrogen-bond donors (Lipinski definition) is 1. The molecule has 3 heteroatoms. The molecule has 0 bridgehead atoms. The van der Waals surface area contributed by atoms with Crippen LogP contribution in [-0.4, -0.2) is 16.8 Å². The molecule has 0 aromatic heterocycles. The van der Waals surface area contributed by atoms with E-state index in [4.69, 9.17) is 0 Å². The van der Waals surface area contributed by atoms with Crippen LogP contribution in [0.25, 0.3) is 0 Å². The number of amides is 1. The van der Waals surface area contributed by atoms with Crippen LogP contribution >= 0.6 is 15.9 Å². The number of carbonyl (C=O) groups is 1. The van der Waals surface area contributed by atoms with Crippen molar-refractivity contribution in [1.29, 1.82) is 0 Å². The zero-order chi connectivity index (χ0) is 14.6. The monoisotopic (exact) mass is 337 g/mol. The van der Waals surface area contributed by atoms with Gasteiger partial charge in [-0.25, -0.2) is 0 Å². The third kappa shape index (κ3) is 3.08. The number of aryl methyl sites for hydroxylation is 1. The molecular weight excluding hydrogens is 314 g/mol. The average Bonchev–Trinajstić information content (AvgIpc) is 2.52. The Balaban J connectivity index is 2.19. The first-order valence-corrected chi connectivity index (χ1v) is 8.73. The molecule has 110 valence electrons. The van der Waals surface area contributed by atoms with Gasteiger partial charge in [0.05, 0.1) is 5.92 Å². The van der Waals surface area contributed by atoms with Crippen LogP contribution in [0.15, 0.2) is 24.3 Å². The molecule has 1 N–H and O–H groups in total. The molecule has 2 rings (SSSR count). The summed E-state index contributed by atoms with van der Waals surface area (Å²) < 4.78 is 0. The Morgan fingerprint density at radius 2 is 2.05 bits per heavy atom. The zero-order valence-corrected chi connectivity index (χ0v) is 14.0. The fourth-order valence-corrected chi connectivity index (χ4v) is 3.96. The van der Waals surface area contributed by atoms with Gasteiger partial charge in [0.15, 0.2) is 0 Å². The maximum atomic E-state index is 12.7. The molecule has 0 aliphatic heterocycles. The molecule has 0 spiro atoms. The molecule has 1 aromatic carbocycles. The smallest absolute Gasteiger partial charge is 0.228 e. The summed E-state index contributed by atoms with van der Waals surface area (Å²) in [6.45, 7) is 4.28. The van der Waals surface area contributed by atoms with Crippen molar-refractivity contribution in [1.82, 2.24) is 5.32 Å². The van der Waals surface area contributed by atoms with E-state index < -0.39 is 0 Å². The molecule has 1 aromatic rings. The highest BCUT2D eigenvalue weighted by molar-refractivity contribution is 9.09. The highest BCUT2D eigenvalue weighted by atomic mass is 79.9. The topological polar surface area (TPSA) is 29.1 Å². The number of benzene rings is 1. The first-order valence-electron chi connectivity index (χ1n) is 7.61. The predicted molar refractivity (Wildman–Crippen MR) is 87.4 cm³/mol. The van der Waals surface area contributed by atoms with Crippen LogP contribution in [0.2, 0.25) is 0 Å². The Bertz CT molecular complexity index is 460. The molecule has 2 nitrogen and oxygen atoms in total. The Labute approximate surface area is 130 Å². The van der Waals surface area contributed by atoms with Crippen molar-refractivity contribution in [2.75, 3.05) is 5.33 Å². The number of alkyl halides is 1. The summed E-state index contributed by atoms with van der Waals surface area (Å²) in [5.74, 6) is 0.219. The van der Waals surface area contributed by atoms with Gasteiger partial charge in [-0.15, -0.1) is 0 Å². The maximum absolute atomic E-state index is 12.7. The van der Waals surface area contributed by atoms with Crippen molar-refractivity contribution in [3.63, 3.8) is 0 Å². The fraction of sp³-hybridized carbons (Fsp3) is 0.588. The number of rotatable bonds is 5. The number of fused-ring (bicyclic) bond motifs is 1. The van der Waals surface area contributed by atoms with Gasteiger partial charge in [0.2, 0.25) is 5.91 Å². The Morgan fingerprint density at radius 3 is 2.70 bits per heavy atom. The van der Waals surface area contributed by atoms with E-state index in [1.54, 1.807) is 0 Å². The minimum atomic E-state index is -0.108. The number of halogens is 1. The maximum Gasteiger partial charge on any atom is 0.228 e. The van der Waals surface area contributed by atoms with E-state index in [-0.39, 0.29) is 17.4 Å². The van der Waals surface area contributed by atoms with Crippen LogP contribution in [0.3, 0.4) is 0 Å². The predicted octanol–water partition coefficient (Wildman–Crippen LogP) is 4.18. The molecule has 1 unspecified atom stereocenters. The highest BCUT2D eigenvalue weighted by Gasteiger charge is 2.32. The van der Waals surface area contributed by atoms with Crippen molar-refractivity contribution in [2.24, 2.45) is 0 Å². The first kappa shape index (κ1) is 15.6. The SMILES string of the molecule is CCC(CC)(CBr)NC(=O)C1CCCc2ccccc21. The van der Waals surface area contributed by atoms with Crippen molar-refractivity contribution in [3.8, 4) is 0 Å². The van der Waals surface area contributed by atoms with Gasteiger partial charge < -0.3 is 5.32 Å². The lowest BCUT2D eigenvalue weighted by atomic mass is 9.81. The Kier molecular flexibility index (Phi) is 5.25. The largest absolute Gasteiger partial charge is 0.349 e. The van der Waals surface area contributed by atoms with Crippen molar-refractivity contribution in [2.45, 2.75) is 57.4 Å². The highest BCUT2D eigenvalue weighted by Crippen LogP contribution is 2.32. The lowest BCUT2D eigenvalue weighted by molar-refractivity contribution is -0.124. The molecule has 0 heterocycles. The molecular formula is C17H24BrNO. The van der Waals surface area contributed by atoms with Crippen LogP contribution < -0.4 is 5.32 Å². The summed E-state index contributed by atoms with van der Waals surface area (Å²) in [5, 5.41) is 4.12. The van der Waals surface area contributed by atoms with Gasteiger partial charge in [0, 0.05) is 10.9 Å². The van der Waals surface area contributed by atoms with Gasteiger partial charge in [0.1, 0.15) is 0 Å². The molecule has 0 fully saturated rings. The van der Waals surface area contributed by atoms with Gasteiger partial charge in [-0.3, -0.25) is 4.79 Å². The zero-order valence-electron chi connectivity index (χ0n) is 12.4. The van der Waals surface area contributed by atoms with Gasteiger partial charge in [-0.2, -0.15) is 0 Å². The van der Waals surface area contributed by atoms with E-state index in [0.717, 1.165) is 37.4 Å². The quantitative estimate of drug-likeness (QED) is 0.802. The van der Waals surface area contributed by atoms with Gasteiger partial charge in [-0.1, -0.05) is 54.0 Å². The lowest BCUT2D eigenvalue weighted by Crippen LogP contribution is -2.51. The number of hydrogen-bond acceptors (Lipinski definition) is 1. The molecule has 1 aliphatic rings. The summed E-state index contributed by atoms with van der Waals surface area (Å²) in [6, 6.07) is 8.39.